The van der Waals surface area contributed by atoms with E-state index in [1.54, 1.807) is 18.5 Å². The number of H-pyrrole nitrogens is 1. The van der Waals surface area contributed by atoms with E-state index in [1.165, 1.54) is 0 Å². The van der Waals surface area contributed by atoms with Gasteiger partial charge in [0.05, 0.1) is 16.7 Å². The third-order valence-electron chi connectivity index (χ3n) is 3.62. The molecule has 1 N–H and O–H groups in total. The molecule has 0 aliphatic rings. The molecule has 4 rings (SSSR count). The van der Waals surface area contributed by atoms with Crippen molar-refractivity contribution >= 4 is 46.4 Å². The van der Waals surface area contributed by atoms with Crippen molar-refractivity contribution in [3.63, 3.8) is 0 Å². The van der Waals surface area contributed by atoms with E-state index in [0.29, 0.717) is 10.0 Å². The maximum absolute atomic E-state index is 6.17. The number of halogens is 2. The summed E-state index contributed by atoms with van der Waals surface area (Å²) < 4.78 is 1.85. The number of fused-ring (bicyclic) bond motifs is 1. The Kier molecular flexibility index (Phi) is 3.84. The molecule has 0 unspecified atom stereocenters. The highest BCUT2D eigenvalue weighted by molar-refractivity contribution is 6.35. The Labute approximate surface area is 148 Å². The summed E-state index contributed by atoms with van der Waals surface area (Å²) in [4.78, 5) is 12.2. The molecule has 2 aromatic carbocycles. The molecule has 0 radical (unpaired) electrons. The fourth-order valence-electron chi connectivity index (χ4n) is 2.41. The highest BCUT2D eigenvalue weighted by atomic mass is 35.5. The zero-order valence-electron chi connectivity index (χ0n) is 12.4. The van der Waals surface area contributed by atoms with Gasteiger partial charge in [-0.25, -0.2) is 9.97 Å². The van der Waals surface area contributed by atoms with Crippen molar-refractivity contribution < 1.29 is 0 Å². The first-order chi connectivity index (χ1) is 11.7. The number of para-hydroxylation sites is 2. The highest BCUT2D eigenvalue weighted by Crippen LogP contribution is 2.23. The van der Waals surface area contributed by atoms with Crippen molar-refractivity contribution in [2.45, 2.75) is 0 Å². The smallest absolute Gasteiger partial charge is 0.213 e. The summed E-state index contributed by atoms with van der Waals surface area (Å²) >= 11 is 12.1. The zero-order chi connectivity index (χ0) is 16.5. The zero-order valence-corrected chi connectivity index (χ0v) is 14.0. The molecule has 2 aromatic heterocycles. The van der Waals surface area contributed by atoms with E-state index >= 15 is 0 Å². The number of hydrogen-bond acceptors (Lipinski definition) is 2. The van der Waals surface area contributed by atoms with Crippen LogP contribution >= 0.6 is 23.2 Å². The van der Waals surface area contributed by atoms with E-state index < -0.39 is 0 Å². The number of rotatable bonds is 3. The Morgan fingerprint density at radius 1 is 1.04 bits per heavy atom. The van der Waals surface area contributed by atoms with Crippen LogP contribution < -0.4 is 0 Å². The fourth-order valence-corrected chi connectivity index (χ4v) is 2.88. The largest absolute Gasteiger partial charge is 0.323 e. The lowest BCUT2D eigenvalue weighted by atomic mass is 10.2. The van der Waals surface area contributed by atoms with Gasteiger partial charge in [-0.2, -0.15) is 0 Å². The fraction of sp³-hybridized carbons (Fsp3) is 0. The van der Waals surface area contributed by atoms with Crippen LogP contribution in [0.1, 0.15) is 11.3 Å². The molecule has 0 aliphatic carbocycles. The molecule has 0 bridgehead atoms. The Hall–Kier alpha value is -2.56. The van der Waals surface area contributed by atoms with Gasteiger partial charge in [-0.3, -0.25) is 4.57 Å². The van der Waals surface area contributed by atoms with Crippen LogP contribution in [0.5, 0.6) is 0 Å². The molecular formula is C18H12Cl2N4. The van der Waals surface area contributed by atoms with Gasteiger partial charge in [-0.1, -0.05) is 47.5 Å². The van der Waals surface area contributed by atoms with Crippen LogP contribution in [-0.2, 0) is 0 Å². The van der Waals surface area contributed by atoms with Gasteiger partial charge in [-0.05, 0) is 35.9 Å². The molecular weight excluding hydrogens is 343 g/mol. The van der Waals surface area contributed by atoms with Crippen molar-refractivity contribution in [2.75, 3.05) is 0 Å². The molecule has 4 nitrogen and oxygen atoms in total. The Morgan fingerprint density at radius 2 is 1.92 bits per heavy atom. The highest BCUT2D eigenvalue weighted by Gasteiger charge is 2.05. The summed E-state index contributed by atoms with van der Waals surface area (Å²) in [5.74, 6) is 0.730. The molecule has 6 heteroatoms. The van der Waals surface area contributed by atoms with Crippen LogP contribution in [0.4, 0.5) is 0 Å². The second-order valence-electron chi connectivity index (χ2n) is 5.28. The molecule has 118 valence electrons. The lowest BCUT2D eigenvalue weighted by Crippen LogP contribution is -1.91. The van der Waals surface area contributed by atoms with Crippen molar-refractivity contribution in [1.82, 2.24) is 19.5 Å². The molecule has 0 saturated carbocycles. The minimum atomic E-state index is 0.607. The predicted octanol–water partition coefficient (Wildman–Crippen LogP) is 5.23. The number of hydrogen-bond donors (Lipinski definition) is 1. The van der Waals surface area contributed by atoms with E-state index in [1.807, 2.05) is 53.2 Å². The number of benzene rings is 2. The summed E-state index contributed by atoms with van der Waals surface area (Å²) in [5, 5.41) is 1.22. The molecule has 4 aromatic rings. The topological polar surface area (TPSA) is 46.5 Å². The van der Waals surface area contributed by atoms with Crippen LogP contribution in [0.25, 0.3) is 29.1 Å². The molecule has 0 amide bonds. The monoisotopic (exact) mass is 354 g/mol. The Morgan fingerprint density at radius 3 is 2.75 bits per heavy atom. The van der Waals surface area contributed by atoms with Crippen molar-refractivity contribution in [3.8, 4) is 5.95 Å². The van der Waals surface area contributed by atoms with Gasteiger partial charge in [0, 0.05) is 16.2 Å². The summed E-state index contributed by atoms with van der Waals surface area (Å²) in [7, 11) is 0. The van der Waals surface area contributed by atoms with Gasteiger partial charge in [-0.15, -0.1) is 0 Å². The molecule has 0 fully saturated rings. The lowest BCUT2D eigenvalue weighted by Gasteiger charge is -1.97. The van der Waals surface area contributed by atoms with Crippen LogP contribution in [0.15, 0.2) is 55.0 Å². The van der Waals surface area contributed by atoms with Gasteiger partial charge in [0.15, 0.2) is 0 Å². The Bertz CT molecular complexity index is 1010. The first-order valence-electron chi connectivity index (χ1n) is 7.31. The number of imidazole rings is 2. The molecule has 0 atom stereocenters. The van der Waals surface area contributed by atoms with Crippen LogP contribution in [0, 0.1) is 0 Å². The van der Waals surface area contributed by atoms with E-state index in [0.717, 1.165) is 28.2 Å². The van der Waals surface area contributed by atoms with Gasteiger partial charge >= 0.3 is 0 Å². The molecule has 0 aliphatic heterocycles. The average Bonchev–Trinajstić information content (AvgIpc) is 3.20. The number of nitrogens with zero attached hydrogens (tertiary/aromatic N) is 3. The van der Waals surface area contributed by atoms with Crippen molar-refractivity contribution in [2.24, 2.45) is 0 Å². The minimum absolute atomic E-state index is 0.607. The predicted molar refractivity (Wildman–Crippen MR) is 98.6 cm³/mol. The maximum Gasteiger partial charge on any atom is 0.213 e. The van der Waals surface area contributed by atoms with Crippen LogP contribution in [0.2, 0.25) is 10.0 Å². The number of aromatic nitrogens is 4. The first-order valence-corrected chi connectivity index (χ1v) is 8.07. The molecule has 24 heavy (non-hydrogen) atoms. The first kappa shape index (κ1) is 15.0. The Balaban J connectivity index is 1.61. The van der Waals surface area contributed by atoms with Gasteiger partial charge < -0.3 is 4.98 Å². The summed E-state index contributed by atoms with van der Waals surface area (Å²) in [6, 6.07) is 13.3. The van der Waals surface area contributed by atoms with E-state index in [9.17, 15) is 0 Å². The lowest BCUT2D eigenvalue weighted by molar-refractivity contribution is 0.967. The van der Waals surface area contributed by atoms with Gasteiger partial charge in [0.25, 0.3) is 0 Å². The van der Waals surface area contributed by atoms with E-state index in [-0.39, 0.29) is 0 Å². The summed E-state index contributed by atoms with van der Waals surface area (Å²) in [6.45, 7) is 0. The van der Waals surface area contributed by atoms with E-state index in [2.05, 4.69) is 15.0 Å². The minimum Gasteiger partial charge on any atom is -0.323 e. The second-order valence-corrected chi connectivity index (χ2v) is 6.13. The van der Waals surface area contributed by atoms with Crippen LogP contribution in [0.3, 0.4) is 0 Å². The van der Waals surface area contributed by atoms with Crippen molar-refractivity contribution in [1.29, 1.82) is 0 Å². The third-order valence-corrected chi connectivity index (χ3v) is 4.18. The third kappa shape index (κ3) is 2.94. The molecule has 2 heterocycles. The quantitative estimate of drug-likeness (QED) is 0.547. The summed E-state index contributed by atoms with van der Waals surface area (Å²) in [6.07, 6.45) is 7.43. The SMILES string of the molecule is Clc1ccc(/C=C/c2cn(-c3nc4ccccc4[nH]3)cn2)c(Cl)c1. The maximum atomic E-state index is 6.17. The normalized spacial score (nSPS) is 11.6. The van der Waals surface area contributed by atoms with E-state index in [4.69, 9.17) is 23.2 Å². The van der Waals surface area contributed by atoms with Crippen LogP contribution in [-0.4, -0.2) is 19.5 Å². The standard InChI is InChI=1S/C18H12Cl2N4/c19-13-7-5-12(15(20)9-13)6-8-14-10-24(11-21-14)18-22-16-3-1-2-4-17(16)23-18/h1-11H,(H,22,23)/b8-6+. The molecule has 0 spiro atoms. The number of aromatic amines is 1. The number of nitrogens with one attached hydrogen (secondary N) is 1. The second kappa shape index (κ2) is 6.15. The van der Waals surface area contributed by atoms with Gasteiger partial charge in [0.2, 0.25) is 5.95 Å². The molecule has 0 saturated heterocycles. The van der Waals surface area contributed by atoms with Gasteiger partial charge in [0.1, 0.15) is 6.33 Å². The van der Waals surface area contributed by atoms with Crippen molar-refractivity contribution in [3.05, 3.63) is 76.3 Å². The summed E-state index contributed by atoms with van der Waals surface area (Å²) in [5.41, 5.74) is 3.61. The average molecular weight is 355 g/mol.